The number of nitrogens with zero attached hydrogens (tertiary/aromatic N) is 3. The van der Waals surface area contributed by atoms with Crippen LogP contribution in [0.5, 0.6) is 0 Å². The fraction of sp³-hybridized carbons (Fsp3) is 0.571. The van der Waals surface area contributed by atoms with Gasteiger partial charge in [0, 0.05) is 13.1 Å². The van der Waals surface area contributed by atoms with Crippen molar-refractivity contribution in [2.24, 2.45) is 5.92 Å². The summed E-state index contributed by atoms with van der Waals surface area (Å²) in [5, 5.41) is 7.90. The highest BCUT2D eigenvalue weighted by Gasteiger charge is 2.30. The predicted molar refractivity (Wildman–Crippen MR) is 72.1 cm³/mol. The first kappa shape index (κ1) is 14.4. The van der Waals surface area contributed by atoms with Gasteiger partial charge in [0.25, 0.3) is 5.91 Å². The van der Waals surface area contributed by atoms with E-state index in [-0.39, 0.29) is 17.8 Å². The van der Waals surface area contributed by atoms with Gasteiger partial charge in [-0.2, -0.15) is 10.2 Å². The number of amides is 1. The Morgan fingerprint density at radius 1 is 1.35 bits per heavy atom. The van der Waals surface area contributed by atoms with Crippen molar-refractivity contribution in [3.8, 4) is 0 Å². The first-order valence-corrected chi connectivity index (χ1v) is 6.71. The molecular formula is C14H19N3O3. The molecule has 0 bridgehead atoms. The van der Waals surface area contributed by atoms with Crippen molar-refractivity contribution < 1.29 is 14.3 Å². The highest BCUT2D eigenvalue weighted by atomic mass is 16.5. The smallest absolute Gasteiger partial charge is 0.310 e. The van der Waals surface area contributed by atoms with Crippen LogP contribution in [-0.2, 0) is 9.53 Å². The first-order chi connectivity index (χ1) is 9.52. The van der Waals surface area contributed by atoms with E-state index >= 15 is 0 Å². The van der Waals surface area contributed by atoms with Crippen LogP contribution in [0, 0.1) is 19.8 Å². The average Bonchev–Trinajstić information content (AvgIpc) is 2.48. The lowest BCUT2D eigenvalue weighted by Gasteiger charge is -2.31. The summed E-state index contributed by atoms with van der Waals surface area (Å²) < 4.78 is 4.77. The van der Waals surface area contributed by atoms with Gasteiger partial charge in [-0.3, -0.25) is 9.59 Å². The Kier molecular flexibility index (Phi) is 4.32. The third kappa shape index (κ3) is 2.95. The van der Waals surface area contributed by atoms with Crippen LogP contribution in [0.25, 0.3) is 0 Å². The molecule has 1 aromatic heterocycles. The summed E-state index contributed by atoms with van der Waals surface area (Å²) in [5.41, 5.74) is 1.88. The zero-order valence-electron chi connectivity index (χ0n) is 12.0. The van der Waals surface area contributed by atoms with E-state index in [0.717, 1.165) is 12.8 Å². The van der Waals surface area contributed by atoms with Gasteiger partial charge in [0.1, 0.15) is 0 Å². The van der Waals surface area contributed by atoms with Gasteiger partial charge >= 0.3 is 5.97 Å². The minimum Gasteiger partial charge on any atom is -0.469 e. The van der Waals surface area contributed by atoms with Crippen LogP contribution >= 0.6 is 0 Å². The number of piperidine rings is 1. The molecule has 2 heterocycles. The Morgan fingerprint density at radius 2 is 2.10 bits per heavy atom. The van der Waals surface area contributed by atoms with Crippen LogP contribution in [0.1, 0.15) is 34.6 Å². The van der Waals surface area contributed by atoms with Crippen molar-refractivity contribution in [3.63, 3.8) is 0 Å². The third-order valence-corrected chi connectivity index (χ3v) is 3.57. The van der Waals surface area contributed by atoms with Gasteiger partial charge in [0.05, 0.1) is 30.0 Å². The Morgan fingerprint density at radius 3 is 2.80 bits per heavy atom. The van der Waals surface area contributed by atoms with Gasteiger partial charge in [-0.15, -0.1) is 0 Å². The third-order valence-electron chi connectivity index (χ3n) is 3.57. The standard InChI is InChI=1S/C14H19N3O3/c1-9-7-12(10(2)16-15-9)13(18)17-6-4-5-11(8-17)14(19)20-3/h7,11H,4-6,8H2,1-3H3. The Hall–Kier alpha value is -1.98. The number of carbonyl (C=O) groups excluding carboxylic acids is 2. The number of methoxy groups -OCH3 is 1. The topological polar surface area (TPSA) is 72.4 Å². The number of ether oxygens (including phenoxy) is 1. The van der Waals surface area contributed by atoms with Crippen molar-refractivity contribution in [2.45, 2.75) is 26.7 Å². The number of rotatable bonds is 2. The van der Waals surface area contributed by atoms with E-state index in [9.17, 15) is 9.59 Å². The summed E-state index contributed by atoms with van der Waals surface area (Å²) in [6.45, 7) is 4.64. The summed E-state index contributed by atoms with van der Waals surface area (Å²) in [7, 11) is 1.38. The zero-order valence-corrected chi connectivity index (χ0v) is 12.0. The van der Waals surface area contributed by atoms with E-state index in [2.05, 4.69) is 10.2 Å². The van der Waals surface area contributed by atoms with Crippen LogP contribution in [0.3, 0.4) is 0 Å². The molecule has 1 amide bonds. The molecule has 0 aromatic carbocycles. The molecule has 1 aromatic rings. The molecule has 0 radical (unpaired) electrons. The molecule has 1 atom stereocenters. The van der Waals surface area contributed by atoms with E-state index < -0.39 is 0 Å². The fourth-order valence-electron chi connectivity index (χ4n) is 2.46. The van der Waals surface area contributed by atoms with Gasteiger partial charge in [-0.05, 0) is 32.8 Å². The Bertz CT molecular complexity index is 530. The minimum atomic E-state index is -0.247. The number of likely N-dealkylation sites (tertiary alicyclic amines) is 1. The summed E-state index contributed by atoms with van der Waals surface area (Å²) in [4.78, 5) is 25.8. The van der Waals surface area contributed by atoms with Gasteiger partial charge in [-0.1, -0.05) is 0 Å². The second-order valence-electron chi connectivity index (χ2n) is 5.10. The Labute approximate surface area is 118 Å². The maximum atomic E-state index is 12.5. The van der Waals surface area contributed by atoms with E-state index in [1.54, 1.807) is 24.8 Å². The molecule has 1 saturated heterocycles. The predicted octanol–water partition coefficient (Wildman–Crippen LogP) is 1.12. The lowest BCUT2D eigenvalue weighted by atomic mass is 9.97. The number of hydrogen-bond donors (Lipinski definition) is 0. The first-order valence-electron chi connectivity index (χ1n) is 6.71. The molecule has 0 aliphatic carbocycles. The summed E-state index contributed by atoms with van der Waals surface area (Å²) >= 11 is 0. The molecule has 20 heavy (non-hydrogen) atoms. The average molecular weight is 277 g/mol. The number of aryl methyl sites for hydroxylation is 2. The molecular weight excluding hydrogens is 258 g/mol. The quantitative estimate of drug-likeness (QED) is 0.757. The molecule has 1 aliphatic heterocycles. The minimum absolute atomic E-state index is 0.0888. The maximum Gasteiger partial charge on any atom is 0.310 e. The molecule has 1 unspecified atom stereocenters. The molecule has 1 fully saturated rings. The van der Waals surface area contributed by atoms with Crippen LogP contribution < -0.4 is 0 Å². The molecule has 2 rings (SSSR count). The van der Waals surface area contributed by atoms with Crippen LogP contribution in [0.4, 0.5) is 0 Å². The Balaban J connectivity index is 2.16. The second kappa shape index (κ2) is 5.98. The zero-order chi connectivity index (χ0) is 14.7. The lowest BCUT2D eigenvalue weighted by Crippen LogP contribution is -2.43. The van der Waals surface area contributed by atoms with Gasteiger partial charge < -0.3 is 9.64 Å². The highest BCUT2D eigenvalue weighted by Crippen LogP contribution is 2.20. The van der Waals surface area contributed by atoms with E-state index in [1.165, 1.54) is 7.11 Å². The molecule has 0 saturated carbocycles. The van der Waals surface area contributed by atoms with Gasteiger partial charge in [-0.25, -0.2) is 0 Å². The van der Waals surface area contributed by atoms with Crippen molar-refractivity contribution in [1.82, 2.24) is 15.1 Å². The van der Waals surface area contributed by atoms with Crippen LogP contribution in [-0.4, -0.2) is 47.2 Å². The SMILES string of the molecule is COC(=O)C1CCCN(C(=O)c2cc(C)nnc2C)C1. The van der Waals surface area contributed by atoms with Crippen LogP contribution in [0.15, 0.2) is 6.07 Å². The fourth-order valence-corrected chi connectivity index (χ4v) is 2.46. The molecule has 6 heteroatoms. The highest BCUT2D eigenvalue weighted by molar-refractivity contribution is 5.95. The molecule has 0 spiro atoms. The molecule has 1 aliphatic rings. The molecule has 0 N–H and O–H groups in total. The van der Waals surface area contributed by atoms with Gasteiger partial charge in [0.15, 0.2) is 0 Å². The van der Waals surface area contributed by atoms with E-state index in [0.29, 0.717) is 30.0 Å². The van der Waals surface area contributed by atoms with Crippen molar-refractivity contribution in [2.75, 3.05) is 20.2 Å². The van der Waals surface area contributed by atoms with Crippen molar-refractivity contribution in [3.05, 3.63) is 23.0 Å². The monoisotopic (exact) mass is 277 g/mol. The van der Waals surface area contributed by atoms with Crippen molar-refractivity contribution in [1.29, 1.82) is 0 Å². The number of aromatic nitrogens is 2. The van der Waals surface area contributed by atoms with Gasteiger partial charge in [0.2, 0.25) is 0 Å². The molecule has 6 nitrogen and oxygen atoms in total. The number of hydrogen-bond acceptors (Lipinski definition) is 5. The maximum absolute atomic E-state index is 12.5. The summed E-state index contributed by atoms with van der Waals surface area (Å²) in [6.07, 6.45) is 1.57. The normalized spacial score (nSPS) is 18.8. The summed E-state index contributed by atoms with van der Waals surface area (Å²) in [5.74, 6) is -0.564. The lowest BCUT2D eigenvalue weighted by molar-refractivity contribution is -0.146. The van der Waals surface area contributed by atoms with E-state index in [1.807, 2.05) is 0 Å². The largest absolute Gasteiger partial charge is 0.469 e. The van der Waals surface area contributed by atoms with Crippen molar-refractivity contribution >= 4 is 11.9 Å². The summed E-state index contributed by atoms with van der Waals surface area (Å²) in [6, 6.07) is 1.74. The number of carbonyl (C=O) groups is 2. The number of esters is 1. The molecule has 108 valence electrons. The van der Waals surface area contributed by atoms with Crippen LogP contribution in [0.2, 0.25) is 0 Å². The second-order valence-corrected chi connectivity index (χ2v) is 5.10. The van der Waals surface area contributed by atoms with E-state index in [4.69, 9.17) is 4.74 Å².